The minimum Gasteiger partial charge on any atom is -0.495 e. The number of benzene rings is 2. The topological polar surface area (TPSA) is 71.1 Å². The van der Waals surface area contributed by atoms with Crippen molar-refractivity contribution in [2.75, 3.05) is 18.2 Å². The van der Waals surface area contributed by atoms with Crippen LogP contribution in [0.4, 0.5) is 11.4 Å². The quantitative estimate of drug-likeness (QED) is 0.390. The molecule has 0 aliphatic rings. The van der Waals surface area contributed by atoms with E-state index in [-0.39, 0.29) is 5.84 Å². The summed E-state index contributed by atoms with van der Waals surface area (Å²) in [6.07, 6.45) is 0. The van der Waals surface area contributed by atoms with Gasteiger partial charge in [-0.25, -0.2) is 0 Å². The molecule has 1 aromatic heterocycles. The number of nitrogens with one attached hydrogen (secondary N) is 2. The summed E-state index contributed by atoms with van der Waals surface area (Å²) >= 11 is 1.66. The minimum atomic E-state index is 0.251. The van der Waals surface area contributed by atoms with Gasteiger partial charge in [-0.3, -0.25) is 5.41 Å². The van der Waals surface area contributed by atoms with Crippen molar-refractivity contribution in [3.63, 3.8) is 0 Å². The average molecular weight is 297 g/mol. The van der Waals surface area contributed by atoms with E-state index >= 15 is 0 Å². The molecule has 4 nitrogen and oxygen atoms in total. The van der Waals surface area contributed by atoms with Crippen LogP contribution in [-0.2, 0) is 0 Å². The first-order valence-electron chi connectivity index (χ1n) is 6.44. The van der Waals surface area contributed by atoms with Gasteiger partial charge in [0.1, 0.15) is 11.6 Å². The largest absolute Gasteiger partial charge is 0.495 e. The van der Waals surface area contributed by atoms with E-state index in [0.29, 0.717) is 17.0 Å². The second-order valence-electron chi connectivity index (χ2n) is 4.60. The van der Waals surface area contributed by atoms with Crippen LogP contribution in [0.1, 0.15) is 5.56 Å². The Bertz CT molecular complexity index is 810. The number of rotatable bonds is 3. The highest BCUT2D eigenvalue weighted by Crippen LogP contribution is 2.33. The molecule has 0 amide bonds. The average Bonchev–Trinajstić information content (AvgIpc) is 2.93. The molecule has 2 aromatic carbocycles. The number of thiophene rings is 1. The Hall–Kier alpha value is -2.53. The molecule has 4 N–H and O–H groups in total. The number of nitrogens with two attached hydrogens (primary N) is 1. The van der Waals surface area contributed by atoms with Crippen LogP contribution in [0, 0.1) is 5.41 Å². The van der Waals surface area contributed by atoms with Crippen LogP contribution in [0.5, 0.6) is 5.75 Å². The van der Waals surface area contributed by atoms with Gasteiger partial charge in [0.05, 0.1) is 12.8 Å². The van der Waals surface area contributed by atoms with E-state index in [2.05, 4.69) is 5.32 Å². The summed E-state index contributed by atoms with van der Waals surface area (Å²) in [5, 5.41) is 14.4. The lowest BCUT2D eigenvalue weighted by Gasteiger charge is -2.13. The molecular formula is C16H15N3OS. The second-order valence-corrected chi connectivity index (χ2v) is 5.55. The number of methoxy groups -OCH3 is 1. The van der Waals surface area contributed by atoms with Crippen molar-refractivity contribution in [3.8, 4) is 5.75 Å². The van der Waals surface area contributed by atoms with Gasteiger partial charge < -0.3 is 15.8 Å². The Labute approximate surface area is 126 Å². The van der Waals surface area contributed by atoms with Gasteiger partial charge in [0.15, 0.2) is 0 Å². The molecule has 0 fully saturated rings. The van der Waals surface area contributed by atoms with Crippen molar-refractivity contribution in [1.82, 2.24) is 0 Å². The maximum Gasteiger partial charge on any atom is 0.143 e. The van der Waals surface area contributed by atoms with Gasteiger partial charge in [-0.2, -0.15) is 0 Å². The standard InChI is InChI=1S/C16H15N3OS/c1-20-14-9-15-10(6-7-21-15)8-13(14)19-16(18)11-4-2-3-5-12(11)17/h2-9H,17H2,1H3,(H2,18,19). The fourth-order valence-electron chi connectivity index (χ4n) is 2.18. The van der Waals surface area contributed by atoms with E-state index in [9.17, 15) is 0 Å². The molecule has 0 spiro atoms. The summed E-state index contributed by atoms with van der Waals surface area (Å²) < 4.78 is 6.56. The molecule has 0 saturated carbocycles. The fraction of sp³-hybridized carbons (Fsp3) is 0.0625. The highest BCUT2D eigenvalue weighted by Gasteiger charge is 2.10. The summed E-state index contributed by atoms with van der Waals surface area (Å²) in [5.74, 6) is 0.963. The monoisotopic (exact) mass is 297 g/mol. The molecule has 106 valence electrons. The summed E-state index contributed by atoms with van der Waals surface area (Å²) in [6, 6.07) is 13.3. The minimum absolute atomic E-state index is 0.251. The molecule has 5 heteroatoms. The zero-order valence-corrected chi connectivity index (χ0v) is 12.3. The first-order chi connectivity index (χ1) is 10.2. The van der Waals surface area contributed by atoms with Crippen LogP contribution in [0.25, 0.3) is 10.1 Å². The Morgan fingerprint density at radius 1 is 1.24 bits per heavy atom. The lowest BCUT2D eigenvalue weighted by molar-refractivity contribution is 0.417. The van der Waals surface area contributed by atoms with Crippen molar-refractivity contribution >= 4 is 38.6 Å². The third-order valence-corrected chi connectivity index (χ3v) is 4.14. The molecule has 3 aromatic rings. The number of nitrogen functional groups attached to an aromatic ring is 1. The molecule has 0 radical (unpaired) electrons. The summed E-state index contributed by atoms with van der Waals surface area (Å²) in [6.45, 7) is 0. The van der Waals surface area contributed by atoms with Crippen LogP contribution in [0.15, 0.2) is 47.8 Å². The Morgan fingerprint density at radius 2 is 2.05 bits per heavy atom. The third kappa shape index (κ3) is 2.55. The van der Waals surface area contributed by atoms with Gasteiger partial charge in [-0.15, -0.1) is 11.3 Å². The highest BCUT2D eigenvalue weighted by atomic mass is 32.1. The van der Waals surface area contributed by atoms with E-state index in [1.54, 1.807) is 24.5 Å². The fourth-order valence-corrected chi connectivity index (χ4v) is 2.98. The molecule has 0 atom stereocenters. The maximum absolute atomic E-state index is 8.21. The predicted molar refractivity (Wildman–Crippen MR) is 89.7 cm³/mol. The van der Waals surface area contributed by atoms with Gasteiger partial charge in [0.25, 0.3) is 0 Å². The van der Waals surface area contributed by atoms with Gasteiger partial charge >= 0.3 is 0 Å². The molecular weight excluding hydrogens is 282 g/mol. The number of para-hydroxylation sites is 1. The Morgan fingerprint density at radius 3 is 2.81 bits per heavy atom. The van der Waals surface area contributed by atoms with Gasteiger partial charge in [0.2, 0.25) is 0 Å². The van der Waals surface area contributed by atoms with Gasteiger partial charge in [0, 0.05) is 22.0 Å². The number of amidine groups is 1. The van der Waals surface area contributed by atoms with Gasteiger partial charge in [-0.1, -0.05) is 12.1 Å². The van der Waals surface area contributed by atoms with Crippen molar-refractivity contribution < 1.29 is 4.74 Å². The van der Waals surface area contributed by atoms with E-state index in [1.165, 1.54) is 0 Å². The molecule has 1 heterocycles. The highest BCUT2D eigenvalue weighted by molar-refractivity contribution is 7.17. The van der Waals surface area contributed by atoms with Crippen molar-refractivity contribution in [2.24, 2.45) is 0 Å². The first kappa shape index (κ1) is 13.5. The molecule has 3 rings (SSSR count). The molecule has 0 bridgehead atoms. The zero-order valence-electron chi connectivity index (χ0n) is 11.5. The van der Waals surface area contributed by atoms with Crippen LogP contribution in [0.3, 0.4) is 0 Å². The summed E-state index contributed by atoms with van der Waals surface area (Å²) in [5.41, 5.74) is 7.92. The number of ether oxygens (including phenoxy) is 1. The van der Waals surface area contributed by atoms with Crippen LogP contribution in [0.2, 0.25) is 0 Å². The number of anilines is 2. The summed E-state index contributed by atoms with van der Waals surface area (Å²) in [4.78, 5) is 0. The van der Waals surface area contributed by atoms with E-state index in [0.717, 1.165) is 15.8 Å². The number of fused-ring (bicyclic) bond motifs is 1. The van der Waals surface area contributed by atoms with Crippen molar-refractivity contribution in [3.05, 3.63) is 53.4 Å². The second kappa shape index (κ2) is 5.46. The molecule has 0 aliphatic heterocycles. The SMILES string of the molecule is COc1cc2sccc2cc1NC(=N)c1ccccc1N. The predicted octanol–water partition coefficient (Wildman–Crippen LogP) is 3.93. The van der Waals surface area contributed by atoms with Gasteiger partial charge in [-0.05, 0) is 35.0 Å². The molecule has 0 aliphatic carbocycles. The van der Waals surface area contributed by atoms with Crippen molar-refractivity contribution in [2.45, 2.75) is 0 Å². The third-order valence-electron chi connectivity index (χ3n) is 3.26. The smallest absolute Gasteiger partial charge is 0.143 e. The number of hydrogen-bond acceptors (Lipinski definition) is 4. The van der Waals surface area contributed by atoms with Crippen LogP contribution < -0.4 is 15.8 Å². The molecule has 0 saturated heterocycles. The summed E-state index contributed by atoms with van der Waals surface area (Å²) in [7, 11) is 1.63. The number of hydrogen-bond donors (Lipinski definition) is 3. The maximum atomic E-state index is 8.21. The molecule has 21 heavy (non-hydrogen) atoms. The Balaban J connectivity index is 1.97. The molecule has 0 unspecified atom stereocenters. The van der Waals surface area contributed by atoms with E-state index in [4.69, 9.17) is 15.9 Å². The normalized spacial score (nSPS) is 10.5. The van der Waals surface area contributed by atoms with Crippen molar-refractivity contribution in [1.29, 1.82) is 5.41 Å². The lowest BCUT2D eigenvalue weighted by Crippen LogP contribution is -2.14. The van der Waals surface area contributed by atoms with Crippen LogP contribution >= 0.6 is 11.3 Å². The zero-order chi connectivity index (χ0) is 14.8. The lowest BCUT2D eigenvalue weighted by atomic mass is 10.1. The Kier molecular flexibility index (Phi) is 3.50. The van der Waals surface area contributed by atoms with E-state index in [1.807, 2.05) is 41.8 Å². The van der Waals surface area contributed by atoms with E-state index < -0.39 is 0 Å². The first-order valence-corrected chi connectivity index (χ1v) is 7.32. The van der Waals surface area contributed by atoms with Crippen LogP contribution in [-0.4, -0.2) is 12.9 Å².